The van der Waals surface area contributed by atoms with Gasteiger partial charge in [-0.25, -0.2) is 0 Å². The van der Waals surface area contributed by atoms with E-state index in [9.17, 15) is 8.78 Å². The molecule has 0 unspecified atom stereocenters. The maximum absolute atomic E-state index is 12.4. The van der Waals surface area contributed by atoms with Crippen LogP contribution in [0, 0.1) is 0 Å². The zero-order valence-electron chi connectivity index (χ0n) is 14.6. The maximum atomic E-state index is 12.4. The van der Waals surface area contributed by atoms with E-state index >= 15 is 0 Å². The van der Waals surface area contributed by atoms with Gasteiger partial charge in [-0.3, -0.25) is 4.90 Å². The van der Waals surface area contributed by atoms with Crippen LogP contribution in [0.5, 0.6) is 0 Å². The number of thiocarbonyl (C=S) groups is 1. The highest BCUT2D eigenvalue weighted by atomic mass is 32.2. The average molecular weight is 430 g/mol. The molecule has 9 heteroatoms. The maximum Gasteiger partial charge on any atom is 0.288 e. The number of nitrogens with zero attached hydrogens (tertiary/aromatic N) is 1. The topological polar surface area (TPSA) is 36.5 Å². The molecule has 146 valence electrons. The Kier molecular flexibility index (Phi) is 7.83. The fourth-order valence-corrected chi connectivity index (χ4v) is 4.43. The van der Waals surface area contributed by atoms with Crippen molar-refractivity contribution >= 4 is 46.1 Å². The average Bonchev–Trinajstić information content (AvgIpc) is 3.18. The number of hydrogen-bond donors (Lipinski definition) is 2. The summed E-state index contributed by atoms with van der Waals surface area (Å²) in [6, 6.07) is 11.2. The van der Waals surface area contributed by atoms with E-state index in [1.54, 1.807) is 35.6 Å². The predicted molar refractivity (Wildman–Crippen MR) is 112 cm³/mol. The van der Waals surface area contributed by atoms with Gasteiger partial charge < -0.3 is 15.4 Å². The largest absolute Gasteiger partial charge is 0.379 e. The molecule has 4 nitrogen and oxygen atoms in total. The molecule has 1 atom stereocenters. The first-order chi connectivity index (χ1) is 13.1. The molecule has 3 rings (SSSR count). The quantitative estimate of drug-likeness (QED) is 0.501. The molecular weight excluding hydrogens is 408 g/mol. The Bertz CT molecular complexity index is 707. The summed E-state index contributed by atoms with van der Waals surface area (Å²) < 4.78 is 30.2. The molecule has 0 aliphatic carbocycles. The molecular formula is C18H21F2N3OS3. The molecule has 0 bridgehead atoms. The lowest BCUT2D eigenvalue weighted by atomic mass is 10.2. The molecule has 0 radical (unpaired) electrons. The molecule has 2 N–H and O–H groups in total. The van der Waals surface area contributed by atoms with Gasteiger partial charge in [-0.15, -0.1) is 11.3 Å². The Labute approximate surface area is 171 Å². The second-order valence-corrected chi connectivity index (χ2v) is 8.37. The smallest absolute Gasteiger partial charge is 0.288 e. The summed E-state index contributed by atoms with van der Waals surface area (Å²) in [6.45, 7) is 3.97. The van der Waals surface area contributed by atoms with Crippen LogP contribution < -0.4 is 10.6 Å². The minimum Gasteiger partial charge on any atom is -0.379 e. The molecule has 27 heavy (non-hydrogen) atoms. The summed E-state index contributed by atoms with van der Waals surface area (Å²) in [5.41, 5.74) is 0.769. The van der Waals surface area contributed by atoms with Crippen molar-refractivity contribution in [2.75, 3.05) is 38.2 Å². The number of alkyl halides is 2. The van der Waals surface area contributed by atoms with E-state index in [0.717, 1.165) is 32.0 Å². The lowest BCUT2D eigenvalue weighted by Gasteiger charge is -2.34. The van der Waals surface area contributed by atoms with Gasteiger partial charge in [-0.05, 0) is 47.9 Å². The first-order valence-electron chi connectivity index (χ1n) is 8.57. The summed E-state index contributed by atoms with van der Waals surface area (Å²) in [5.74, 6) is -2.42. The summed E-state index contributed by atoms with van der Waals surface area (Å²) in [4.78, 5) is 4.22. The van der Waals surface area contributed by atoms with Gasteiger partial charge in [0.25, 0.3) is 5.76 Å². The molecule has 0 amide bonds. The molecule has 1 saturated heterocycles. The van der Waals surface area contributed by atoms with Gasteiger partial charge in [-0.2, -0.15) is 8.78 Å². The van der Waals surface area contributed by atoms with E-state index in [2.05, 4.69) is 33.0 Å². The van der Waals surface area contributed by atoms with Crippen molar-refractivity contribution in [3.63, 3.8) is 0 Å². The van der Waals surface area contributed by atoms with Gasteiger partial charge in [0, 0.05) is 35.1 Å². The number of morpholine rings is 1. The van der Waals surface area contributed by atoms with E-state index in [0.29, 0.717) is 28.3 Å². The summed E-state index contributed by atoms with van der Waals surface area (Å²) >= 11 is 7.67. The van der Waals surface area contributed by atoms with E-state index in [-0.39, 0.29) is 6.04 Å². The lowest BCUT2D eigenvalue weighted by Crippen LogP contribution is -2.44. The van der Waals surface area contributed by atoms with Gasteiger partial charge >= 0.3 is 0 Å². The molecule has 0 spiro atoms. The number of hydrogen-bond acceptors (Lipinski definition) is 5. The van der Waals surface area contributed by atoms with Gasteiger partial charge in [0.15, 0.2) is 5.11 Å². The van der Waals surface area contributed by atoms with Crippen LogP contribution >= 0.6 is 35.3 Å². The van der Waals surface area contributed by atoms with Gasteiger partial charge in [0.2, 0.25) is 0 Å². The SMILES string of the molecule is FC(F)Sc1ccc(NC(=S)NC[C@@H](c2cccs2)N2CCOCC2)cc1. The highest BCUT2D eigenvalue weighted by molar-refractivity contribution is 7.99. The second kappa shape index (κ2) is 10.3. The number of halogens is 2. The van der Waals surface area contributed by atoms with Crippen LogP contribution in [0.4, 0.5) is 14.5 Å². The van der Waals surface area contributed by atoms with E-state index in [4.69, 9.17) is 17.0 Å². The Morgan fingerprint density at radius 2 is 1.96 bits per heavy atom. The van der Waals surface area contributed by atoms with Crippen LogP contribution in [-0.2, 0) is 4.74 Å². The standard InChI is InChI=1S/C18H21F2N3OS3/c19-17(20)27-14-5-3-13(4-6-14)22-18(25)21-12-15(16-2-1-11-26-16)23-7-9-24-10-8-23/h1-6,11,15,17H,7-10,12H2,(H2,21,22,25)/t15-/m0/s1. The van der Waals surface area contributed by atoms with Crippen molar-refractivity contribution in [2.45, 2.75) is 16.7 Å². The molecule has 2 heterocycles. The fourth-order valence-electron chi connectivity index (χ4n) is 2.86. The van der Waals surface area contributed by atoms with Crippen molar-refractivity contribution in [1.29, 1.82) is 0 Å². The van der Waals surface area contributed by atoms with E-state index in [1.165, 1.54) is 4.88 Å². The number of nitrogens with one attached hydrogen (secondary N) is 2. The van der Waals surface area contributed by atoms with Gasteiger partial charge in [0.1, 0.15) is 0 Å². The van der Waals surface area contributed by atoms with Crippen LogP contribution in [-0.4, -0.2) is 48.6 Å². The minimum absolute atomic E-state index is 0.235. The molecule has 1 aliphatic rings. The molecule has 1 aromatic carbocycles. The number of thioether (sulfide) groups is 1. The lowest BCUT2D eigenvalue weighted by molar-refractivity contribution is 0.0177. The van der Waals surface area contributed by atoms with Crippen LogP contribution in [0.1, 0.15) is 10.9 Å². The Morgan fingerprint density at radius 3 is 2.59 bits per heavy atom. The Balaban J connectivity index is 1.54. The molecule has 1 fully saturated rings. The van der Waals surface area contributed by atoms with Crippen LogP contribution in [0.3, 0.4) is 0 Å². The van der Waals surface area contributed by atoms with Gasteiger partial charge in [-0.1, -0.05) is 17.8 Å². The minimum atomic E-state index is -2.42. The molecule has 1 aromatic heterocycles. The van der Waals surface area contributed by atoms with Crippen molar-refractivity contribution in [1.82, 2.24) is 10.2 Å². The number of ether oxygens (including phenoxy) is 1. The normalized spacial score (nSPS) is 16.3. The zero-order chi connectivity index (χ0) is 19.1. The third-order valence-electron chi connectivity index (χ3n) is 4.15. The van der Waals surface area contributed by atoms with Crippen LogP contribution in [0.25, 0.3) is 0 Å². The number of benzene rings is 1. The highest BCUT2D eigenvalue weighted by Gasteiger charge is 2.23. The first kappa shape index (κ1) is 20.5. The summed E-state index contributed by atoms with van der Waals surface area (Å²) in [5, 5.41) is 8.99. The highest BCUT2D eigenvalue weighted by Crippen LogP contribution is 2.27. The summed E-state index contributed by atoms with van der Waals surface area (Å²) in [6.07, 6.45) is 0. The number of thiophene rings is 1. The monoisotopic (exact) mass is 429 g/mol. The van der Waals surface area contributed by atoms with Crippen LogP contribution in [0.15, 0.2) is 46.7 Å². The second-order valence-electron chi connectivity index (χ2n) is 5.92. The van der Waals surface area contributed by atoms with Crippen LogP contribution in [0.2, 0.25) is 0 Å². The fraction of sp³-hybridized carbons (Fsp3) is 0.389. The molecule has 1 aliphatic heterocycles. The van der Waals surface area contributed by atoms with E-state index in [1.807, 2.05) is 0 Å². The summed E-state index contributed by atoms with van der Waals surface area (Å²) in [7, 11) is 0. The zero-order valence-corrected chi connectivity index (χ0v) is 17.0. The number of anilines is 1. The molecule has 0 saturated carbocycles. The third-order valence-corrected chi connectivity index (χ3v) is 6.09. The van der Waals surface area contributed by atoms with Crippen molar-refractivity contribution in [3.8, 4) is 0 Å². The van der Waals surface area contributed by atoms with Crippen molar-refractivity contribution in [2.24, 2.45) is 0 Å². The van der Waals surface area contributed by atoms with E-state index < -0.39 is 5.76 Å². The number of rotatable bonds is 7. The Hall–Kier alpha value is -1.26. The van der Waals surface area contributed by atoms with Crippen molar-refractivity contribution < 1.29 is 13.5 Å². The Morgan fingerprint density at radius 1 is 1.22 bits per heavy atom. The van der Waals surface area contributed by atoms with Gasteiger partial charge in [0.05, 0.1) is 19.3 Å². The predicted octanol–water partition coefficient (Wildman–Crippen LogP) is 4.42. The molecule has 2 aromatic rings. The third kappa shape index (κ3) is 6.39. The first-order valence-corrected chi connectivity index (χ1v) is 10.7. The van der Waals surface area contributed by atoms with Crippen molar-refractivity contribution in [3.05, 3.63) is 46.7 Å².